The summed E-state index contributed by atoms with van der Waals surface area (Å²) in [6, 6.07) is 8.95. The second kappa shape index (κ2) is 8.30. The lowest BCUT2D eigenvalue weighted by atomic mass is 10.2. The molecule has 0 radical (unpaired) electrons. The van der Waals surface area contributed by atoms with E-state index in [1.165, 1.54) is 4.57 Å². The van der Waals surface area contributed by atoms with Crippen molar-refractivity contribution in [2.45, 2.75) is 40.7 Å². The first kappa shape index (κ1) is 20.3. The Balaban J connectivity index is 2.01. The number of carbonyl (C=O) groups excluding carboxylic acids is 1. The zero-order valence-electron chi connectivity index (χ0n) is 17.3. The molecule has 0 saturated carbocycles. The molecule has 0 unspecified atom stereocenters. The van der Waals surface area contributed by atoms with Gasteiger partial charge in [0, 0.05) is 23.0 Å². The van der Waals surface area contributed by atoms with Crippen molar-refractivity contribution in [2.75, 3.05) is 12.4 Å². The summed E-state index contributed by atoms with van der Waals surface area (Å²) < 4.78 is 8.16. The summed E-state index contributed by atoms with van der Waals surface area (Å²) in [6.45, 7) is 7.28. The van der Waals surface area contributed by atoms with Gasteiger partial charge in [0.15, 0.2) is 0 Å². The van der Waals surface area contributed by atoms with Crippen LogP contribution in [0.4, 0.5) is 5.69 Å². The molecule has 152 valence electrons. The van der Waals surface area contributed by atoms with Crippen molar-refractivity contribution in [1.29, 1.82) is 0 Å². The van der Waals surface area contributed by atoms with Gasteiger partial charge in [0.25, 0.3) is 5.56 Å². The number of aromatic nitrogens is 4. The standard InChI is InChI=1S/C21H25N5O3/c1-6-18-15(4)22-21(26-14(3)10-13(2)24-26)25(20(18)28)12-19(27)23-16-8-7-9-17(11-16)29-5/h7-11H,6,12H2,1-5H3,(H,23,27). The third kappa shape index (κ3) is 4.21. The molecule has 0 atom stereocenters. The van der Waals surface area contributed by atoms with Crippen molar-refractivity contribution >= 4 is 11.6 Å². The maximum absolute atomic E-state index is 13.1. The number of carbonyl (C=O) groups is 1. The quantitative estimate of drug-likeness (QED) is 0.693. The van der Waals surface area contributed by atoms with Crippen LogP contribution in [-0.2, 0) is 17.8 Å². The second-order valence-electron chi connectivity index (χ2n) is 6.84. The summed E-state index contributed by atoms with van der Waals surface area (Å²) in [5.74, 6) is 0.625. The van der Waals surface area contributed by atoms with Crippen molar-refractivity contribution in [3.8, 4) is 11.7 Å². The molecular formula is C21H25N5O3. The Hall–Kier alpha value is -3.42. The predicted octanol–water partition coefficient (Wildman–Crippen LogP) is 2.56. The lowest BCUT2D eigenvalue weighted by molar-refractivity contribution is -0.116. The Morgan fingerprint density at radius 1 is 1.21 bits per heavy atom. The van der Waals surface area contributed by atoms with E-state index in [9.17, 15) is 9.59 Å². The Kier molecular flexibility index (Phi) is 5.81. The fraction of sp³-hybridized carbons (Fsp3) is 0.333. The van der Waals surface area contributed by atoms with Gasteiger partial charge >= 0.3 is 0 Å². The largest absolute Gasteiger partial charge is 0.497 e. The van der Waals surface area contributed by atoms with E-state index in [1.807, 2.05) is 26.8 Å². The summed E-state index contributed by atoms with van der Waals surface area (Å²) >= 11 is 0. The third-order valence-electron chi connectivity index (χ3n) is 4.66. The molecule has 0 aliphatic rings. The highest BCUT2D eigenvalue weighted by molar-refractivity contribution is 5.90. The molecule has 0 fully saturated rings. The average molecular weight is 395 g/mol. The monoisotopic (exact) mass is 395 g/mol. The fourth-order valence-electron chi connectivity index (χ4n) is 3.27. The fourth-order valence-corrected chi connectivity index (χ4v) is 3.27. The van der Waals surface area contributed by atoms with Gasteiger partial charge in [-0.2, -0.15) is 5.10 Å². The molecule has 2 heterocycles. The maximum Gasteiger partial charge on any atom is 0.258 e. The van der Waals surface area contributed by atoms with Crippen molar-refractivity contribution < 1.29 is 9.53 Å². The summed E-state index contributed by atoms with van der Waals surface area (Å²) in [5, 5.41) is 7.25. The van der Waals surface area contributed by atoms with E-state index in [4.69, 9.17) is 4.74 Å². The minimum atomic E-state index is -0.337. The number of nitrogens with zero attached hydrogens (tertiary/aromatic N) is 4. The predicted molar refractivity (Wildman–Crippen MR) is 111 cm³/mol. The van der Waals surface area contributed by atoms with Crippen LogP contribution >= 0.6 is 0 Å². The van der Waals surface area contributed by atoms with E-state index in [2.05, 4.69) is 15.4 Å². The summed E-state index contributed by atoms with van der Waals surface area (Å²) in [4.78, 5) is 30.4. The normalized spacial score (nSPS) is 10.8. The van der Waals surface area contributed by atoms with E-state index >= 15 is 0 Å². The molecule has 0 aliphatic heterocycles. The molecule has 0 saturated heterocycles. The van der Waals surface area contributed by atoms with Crippen LogP contribution in [0, 0.1) is 20.8 Å². The van der Waals surface area contributed by atoms with Gasteiger partial charge in [-0.15, -0.1) is 0 Å². The second-order valence-corrected chi connectivity index (χ2v) is 6.84. The zero-order chi connectivity index (χ0) is 21.1. The van der Waals surface area contributed by atoms with Crippen LogP contribution in [0.15, 0.2) is 35.1 Å². The highest BCUT2D eigenvalue weighted by Crippen LogP contribution is 2.17. The van der Waals surface area contributed by atoms with Crippen LogP contribution in [0.25, 0.3) is 5.95 Å². The molecule has 3 aromatic rings. The molecule has 1 aromatic carbocycles. The zero-order valence-corrected chi connectivity index (χ0v) is 17.3. The number of hydrogen-bond donors (Lipinski definition) is 1. The first-order valence-electron chi connectivity index (χ1n) is 9.42. The van der Waals surface area contributed by atoms with Crippen molar-refractivity contribution in [3.63, 3.8) is 0 Å². The van der Waals surface area contributed by atoms with Crippen LogP contribution in [-0.4, -0.2) is 32.3 Å². The Bertz CT molecular complexity index is 1110. The number of benzene rings is 1. The molecular weight excluding hydrogens is 370 g/mol. The Labute approximate surface area is 169 Å². The van der Waals surface area contributed by atoms with E-state index in [0.29, 0.717) is 35.1 Å². The van der Waals surface area contributed by atoms with E-state index in [1.54, 1.807) is 43.0 Å². The van der Waals surface area contributed by atoms with Gasteiger partial charge in [0.2, 0.25) is 11.9 Å². The van der Waals surface area contributed by atoms with Crippen molar-refractivity contribution in [1.82, 2.24) is 19.3 Å². The maximum atomic E-state index is 13.1. The molecule has 1 N–H and O–H groups in total. The third-order valence-corrected chi connectivity index (χ3v) is 4.66. The minimum Gasteiger partial charge on any atom is -0.497 e. The summed E-state index contributed by atoms with van der Waals surface area (Å²) in [5.41, 5.74) is 3.23. The number of amides is 1. The molecule has 2 aromatic heterocycles. The first-order valence-corrected chi connectivity index (χ1v) is 9.42. The molecule has 0 aliphatic carbocycles. The van der Waals surface area contributed by atoms with Crippen LogP contribution in [0.2, 0.25) is 0 Å². The molecule has 0 bridgehead atoms. The molecule has 29 heavy (non-hydrogen) atoms. The van der Waals surface area contributed by atoms with Gasteiger partial charge in [-0.25, -0.2) is 9.67 Å². The number of ether oxygens (including phenoxy) is 1. The molecule has 1 amide bonds. The average Bonchev–Trinajstić information content (AvgIpc) is 3.02. The van der Waals surface area contributed by atoms with Gasteiger partial charge in [0.1, 0.15) is 12.3 Å². The number of hydrogen-bond acceptors (Lipinski definition) is 5. The van der Waals surface area contributed by atoms with E-state index in [0.717, 1.165) is 11.4 Å². The smallest absolute Gasteiger partial charge is 0.258 e. The summed E-state index contributed by atoms with van der Waals surface area (Å²) in [7, 11) is 1.56. The minimum absolute atomic E-state index is 0.177. The topological polar surface area (TPSA) is 91.0 Å². The lowest BCUT2D eigenvalue weighted by Crippen LogP contribution is -2.34. The number of nitrogens with one attached hydrogen (secondary N) is 1. The van der Waals surface area contributed by atoms with Crippen molar-refractivity contribution in [2.24, 2.45) is 0 Å². The van der Waals surface area contributed by atoms with Crippen LogP contribution in [0.1, 0.15) is 29.6 Å². The highest BCUT2D eigenvalue weighted by Gasteiger charge is 2.19. The van der Waals surface area contributed by atoms with Gasteiger partial charge < -0.3 is 10.1 Å². The number of anilines is 1. The van der Waals surface area contributed by atoms with Crippen LogP contribution in [0.3, 0.4) is 0 Å². The van der Waals surface area contributed by atoms with Gasteiger partial charge in [-0.05, 0) is 45.4 Å². The number of rotatable bonds is 6. The molecule has 8 nitrogen and oxygen atoms in total. The van der Waals surface area contributed by atoms with E-state index in [-0.39, 0.29) is 18.0 Å². The van der Waals surface area contributed by atoms with Gasteiger partial charge in [-0.3, -0.25) is 14.2 Å². The Morgan fingerprint density at radius 2 is 1.97 bits per heavy atom. The van der Waals surface area contributed by atoms with E-state index < -0.39 is 0 Å². The number of aryl methyl sites for hydroxylation is 3. The first-order chi connectivity index (χ1) is 13.8. The lowest BCUT2D eigenvalue weighted by Gasteiger charge is -2.16. The molecule has 3 rings (SSSR count). The summed E-state index contributed by atoms with van der Waals surface area (Å²) in [6.07, 6.45) is 0.534. The van der Waals surface area contributed by atoms with Crippen LogP contribution < -0.4 is 15.6 Å². The van der Waals surface area contributed by atoms with Gasteiger partial charge in [-0.1, -0.05) is 13.0 Å². The van der Waals surface area contributed by atoms with Crippen LogP contribution in [0.5, 0.6) is 5.75 Å². The molecule has 0 spiro atoms. The number of methoxy groups -OCH3 is 1. The van der Waals surface area contributed by atoms with Crippen molar-refractivity contribution in [3.05, 3.63) is 63.3 Å². The molecule has 8 heteroatoms. The highest BCUT2D eigenvalue weighted by atomic mass is 16.5. The SMILES string of the molecule is CCc1c(C)nc(-n2nc(C)cc2C)n(CC(=O)Nc2cccc(OC)c2)c1=O. The van der Waals surface area contributed by atoms with Gasteiger partial charge in [0.05, 0.1) is 18.5 Å². The Morgan fingerprint density at radius 3 is 2.59 bits per heavy atom.